The molecule has 0 spiro atoms. The second-order valence-corrected chi connectivity index (χ2v) is 5.46. The molecule has 0 bridgehead atoms. The molecule has 0 unspecified atom stereocenters. The van der Waals surface area contributed by atoms with Crippen LogP contribution in [-0.4, -0.2) is 26.6 Å². The minimum atomic E-state index is -1.49. The molecule has 0 saturated carbocycles. The number of hydrogen-bond acceptors (Lipinski definition) is 3. The maximum absolute atomic E-state index is 13.5. The van der Waals surface area contributed by atoms with Gasteiger partial charge in [0, 0.05) is 30.7 Å². The second-order valence-electron chi connectivity index (χ2n) is 5.46. The maximum Gasteiger partial charge on any atom is 0.194 e. The van der Waals surface area contributed by atoms with Crippen LogP contribution < -0.4 is 5.32 Å². The van der Waals surface area contributed by atoms with E-state index in [1.54, 1.807) is 19.4 Å². The van der Waals surface area contributed by atoms with Crippen molar-refractivity contribution < 1.29 is 13.2 Å². The summed E-state index contributed by atoms with van der Waals surface area (Å²) >= 11 is 0. The van der Waals surface area contributed by atoms with E-state index < -0.39 is 17.5 Å². The van der Waals surface area contributed by atoms with Crippen molar-refractivity contribution in [2.45, 2.75) is 0 Å². The summed E-state index contributed by atoms with van der Waals surface area (Å²) in [6.07, 6.45) is 1.66. The molecule has 5 nitrogen and oxygen atoms in total. The van der Waals surface area contributed by atoms with Gasteiger partial charge in [-0.1, -0.05) is 0 Å². The minimum Gasteiger partial charge on any atom is -0.371 e. The molecule has 0 aliphatic carbocycles. The van der Waals surface area contributed by atoms with Gasteiger partial charge in [0.25, 0.3) is 0 Å². The van der Waals surface area contributed by atoms with E-state index in [1.807, 2.05) is 11.6 Å². The summed E-state index contributed by atoms with van der Waals surface area (Å²) in [5.41, 5.74) is 2.69. The fraction of sp³-hybridized carbons (Fsp3) is 0.125. The molecule has 0 saturated heterocycles. The topological polar surface area (TPSA) is 58.5 Å². The number of imidazole rings is 1. The van der Waals surface area contributed by atoms with Crippen molar-refractivity contribution in [1.82, 2.24) is 19.5 Å². The van der Waals surface area contributed by atoms with Crippen molar-refractivity contribution in [2.75, 3.05) is 12.4 Å². The summed E-state index contributed by atoms with van der Waals surface area (Å²) in [6.45, 7) is 0. The van der Waals surface area contributed by atoms with Gasteiger partial charge in [-0.2, -0.15) is 0 Å². The highest BCUT2D eigenvalue weighted by Gasteiger charge is 2.17. The highest BCUT2D eigenvalue weighted by Crippen LogP contribution is 2.32. The quantitative estimate of drug-likeness (QED) is 0.552. The van der Waals surface area contributed by atoms with Gasteiger partial charge in [-0.3, -0.25) is 0 Å². The molecule has 24 heavy (non-hydrogen) atoms. The fourth-order valence-electron chi connectivity index (χ4n) is 2.84. The van der Waals surface area contributed by atoms with Gasteiger partial charge in [0.15, 0.2) is 23.3 Å². The molecule has 0 atom stereocenters. The number of H-pyrrole nitrogens is 1. The monoisotopic (exact) mass is 331 g/mol. The van der Waals surface area contributed by atoms with Crippen LogP contribution in [0, 0.1) is 17.5 Å². The van der Waals surface area contributed by atoms with E-state index in [1.165, 1.54) is 0 Å². The lowest BCUT2D eigenvalue weighted by atomic mass is 10.1. The molecule has 0 fully saturated rings. The molecule has 3 heterocycles. The first-order chi connectivity index (χ1) is 11.5. The van der Waals surface area contributed by atoms with Crippen molar-refractivity contribution >= 4 is 27.9 Å². The van der Waals surface area contributed by atoms with Gasteiger partial charge in [0.1, 0.15) is 11.2 Å². The summed E-state index contributed by atoms with van der Waals surface area (Å²) < 4.78 is 42.0. The van der Waals surface area contributed by atoms with Crippen molar-refractivity contribution in [1.29, 1.82) is 0 Å². The maximum atomic E-state index is 13.5. The number of rotatable bonds is 2. The number of hydrogen-bond donors (Lipinski definition) is 2. The Morgan fingerprint density at radius 1 is 1.12 bits per heavy atom. The van der Waals surface area contributed by atoms with E-state index in [9.17, 15) is 13.2 Å². The standard InChI is InChI=1S/C16H12F3N5/c1-20-16-13-14(24(2)6-21-13)8-5-11(22-15(8)23-16)7-3-9(17)12(19)10(18)4-7/h3-6H,1-2H3,(H2,20,22,23). The molecule has 0 aliphatic heterocycles. The minimum absolute atomic E-state index is 0.200. The number of anilines is 1. The van der Waals surface area contributed by atoms with E-state index in [0.717, 1.165) is 23.0 Å². The average Bonchev–Trinajstić information content (AvgIpc) is 3.14. The highest BCUT2D eigenvalue weighted by molar-refractivity contribution is 6.07. The number of aryl methyl sites for hydroxylation is 1. The Hall–Kier alpha value is -3.03. The lowest BCUT2D eigenvalue weighted by molar-refractivity contribution is 0.447. The Morgan fingerprint density at radius 2 is 1.83 bits per heavy atom. The Morgan fingerprint density at radius 3 is 2.50 bits per heavy atom. The Kier molecular flexibility index (Phi) is 3.02. The molecule has 4 rings (SSSR count). The van der Waals surface area contributed by atoms with Gasteiger partial charge in [-0.25, -0.2) is 23.1 Å². The number of nitrogens with zero attached hydrogens (tertiary/aromatic N) is 3. The Labute approximate surface area is 134 Å². The largest absolute Gasteiger partial charge is 0.371 e. The van der Waals surface area contributed by atoms with Crippen molar-refractivity contribution in [3.8, 4) is 11.3 Å². The van der Waals surface area contributed by atoms with Crippen LogP contribution in [0.25, 0.3) is 33.3 Å². The number of pyridine rings is 1. The molecule has 0 radical (unpaired) electrons. The summed E-state index contributed by atoms with van der Waals surface area (Å²) in [5.74, 6) is -3.38. The fourth-order valence-corrected chi connectivity index (χ4v) is 2.84. The van der Waals surface area contributed by atoms with Gasteiger partial charge < -0.3 is 14.9 Å². The van der Waals surface area contributed by atoms with Crippen LogP contribution in [0.3, 0.4) is 0 Å². The normalized spacial score (nSPS) is 11.5. The zero-order chi connectivity index (χ0) is 17.0. The predicted octanol–water partition coefficient (Wildman–Crippen LogP) is 3.58. The zero-order valence-corrected chi connectivity index (χ0v) is 12.8. The highest BCUT2D eigenvalue weighted by atomic mass is 19.2. The van der Waals surface area contributed by atoms with Gasteiger partial charge in [0.05, 0.1) is 11.8 Å². The first-order valence-electron chi connectivity index (χ1n) is 7.16. The molecule has 2 N–H and O–H groups in total. The molecule has 3 aromatic heterocycles. The summed E-state index contributed by atoms with van der Waals surface area (Å²) in [4.78, 5) is 11.8. The van der Waals surface area contributed by atoms with E-state index in [-0.39, 0.29) is 5.56 Å². The van der Waals surface area contributed by atoms with Gasteiger partial charge in [-0.05, 0) is 18.2 Å². The molecule has 0 aliphatic rings. The third kappa shape index (κ3) is 1.96. The zero-order valence-electron chi connectivity index (χ0n) is 12.8. The molecular weight excluding hydrogens is 319 g/mol. The third-order valence-corrected chi connectivity index (χ3v) is 3.97. The van der Waals surface area contributed by atoms with Crippen molar-refractivity contribution in [3.63, 3.8) is 0 Å². The predicted molar refractivity (Wildman–Crippen MR) is 85.2 cm³/mol. The van der Waals surface area contributed by atoms with Crippen LogP contribution in [0.2, 0.25) is 0 Å². The Bertz CT molecular complexity index is 1070. The number of halogens is 3. The van der Waals surface area contributed by atoms with E-state index in [4.69, 9.17) is 0 Å². The number of aromatic nitrogens is 4. The van der Waals surface area contributed by atoms with Crippen LogP contribution in [-0.2, 0) is 7.05 Å². The SMILES string of the molecule is CNc1nc2[nH]c(-c3cc(F)c(F)c(F)c3)cc2c2c1ncn2C. The van der Waals surface area contributed by atoms with E-state index in [0.29, 0.717) is 22.7 Å². The molecule has 122 valence electrons. The van der Waals surface area contributed by atoms with Crippen LogP contribution in [0.15, 0.2) is 24.5 Å². The van der Waals surface area contributed by atoms with E-state index in [2.05, 4.69) is 20.3 Å². The summed E-state index contributed by atoms with van der Waals surface area (Å²) in [5, 5.41) is 3.73. The van der Waals surface area contributed by atoms with Crippen molar-refractivity contribution in [3.05, 3.63) is 42.0 Å². The average molecular weight is 331 g/mol. The third-order valence-electron chi connectivity index (χ3n) is 3.97. The summed E-state index contributed by atoms with van der Waals surface area (Å²) in [7, 11) is 3.58. The first kappa shape index (κ1) is 14.6. The van der Waals surface area contributed by atoms with E-state index >= 15 is 0 Å². The smallest absolute Gasteiger partial charge is 0.194 e. The summed E-state index contributed by atoms with van der Waals surface area (Å²) in [6, 6.07) is 3.61. The molecule has 4 aromatic rings. The molecular formula is C16H12F3N5. The Balaban J connectivity index is 2.02. The van der Waals surface area contributed by atoms with Crippen LogP contribution >= 0.6 is 0 Å². The molecule has 8 heteroatoms. The number of fused-ring (bicyclic) bond motifs is 3. The number of benzene rings is 1. The van der Waals surface area contributed by atoms with Crippen LogP contribution in [0.5, 0.6) is 0 Å². The second kappa shape index (κ2) is 4.98. The van der Waals surface area contributed by atoms with Crippen LogP contribution in [0.1, 0.15) is 0 Å². The van der Waals surface area contributed by atoms with Gasteiger partial charge >= 0.3 is 0 Å². The van der Waals surface area contributed by atoms with Crippen LogP contribution in [0.4, 0.5) is 19.0 Å². The molecule has 0 amide bonds. The lowest BCUT2D eigenvalue weighted by Crippen LogP contribution is -1.95. The lowest BCUT2D eigenvalue weighted by Gasteiger charge is -2.02. The van der Waals surface area contributed by atoms with Gasteiger partial charge in [-0.15, -0.1) is 0 Å². The van der Waals surface area contributed by atoms with Crippen molar-refractivity contribution in [2.24, 2.45) is 7.05 Å². The number of aromatic amines is 1. The number of nitrogens with one attached hydrogen (secondary N) is 2. The van der Waals surface area contributed by atoms with Gasteiger partial charge in [0.2, 0.25) is 0 Å². The molecule has 1 aromatic carbocycles. The first-order valence-corrected chi connectivity index (χ1v) is 7.16.